The van der Waals surface area contributed by atoms with E-state index in [1.807, 2.05) is 33.8 Å². The number of pyridine rings is 1. The van der Waals surface area contributed by atoms with Crippen LogP contribution in [0.5, 0.6) is 0 Å². The number of aryl methyl sites for hydroxylation is 1. The van der Waals surface area contributed by atoms with Crippen molar-refractivity contribution in [2.75, 3.05) is 18.4 Å². The van der Waals surface area contributed by atoms with Crippen molar-refractivity contribution in [3.05, 3.63) is 17.3 Å². The van der Waals surface area contributed by atoms with Gasteiger partial charge in [-0.3, -0.25) is 0 Å². The first-order valence-electron chi connectivity index (χ1n) is 8.28. The molecule has 1 atom stereocenters. The van der Waals surface area contributed by atoms with Gasteiger partial charge in [-0.2, -0.15) is 0 Å². The summed E-state index contributed by atoms with van der Waals surface area (Å²) in [5.74, 6) is 0.799. The Balaban J connectivity index is 1.70. The molecule has 1 fully saturated rings. The lowest BCUT2D eigenvalue weighted by atomic mass is 10.1. The van der Waals surface area contributed by atoms with E-state index in [0.717, 1.165) is 40.4 Å². The summed E-state index contributed by atoms with van der Waals surface area (Å²) in [6, 6.07) is 2.14. The second-order valence-corrected chi connectivity index (χ2v) is 8.38. The number of carbonyl (C=O) groups is 1. The largest absolute Gasteiger partial charge is 0.444 e. The molecule has 1 saturated heterocycles. The van der Waals surface area contributed by atoms with Crippen LogP contribution < -0.4 is 5.32 Å². The molecule has 1 N–H and O–H groups in total. The Bertz CT molecular complexity index is 738. The van der Waals surface area contributed by atoms with E-state index in [1.54, 1.807) is 22.4 Å². The molecule has 6 nitrogen and oxygen atoms in total. The number of fused-ring (bicyclic) bond motifs is 1. The van der Waals surface area contributed by atoms with Crippen LogP contribution in [0.15, 0.2) is 12.3 Å². The van der Waals surface area contributed by atoms with E-state index in [1.165, 1.54) is 0 Å². The van der Waals surface area contributed by atoms with Gasteiger partial charge in [-0.15, -0.1) is 11.3 Å². The number of rotatable bonds is 2. The molecule has 130 valence electrons. The summed E-state index contributed by atoms with van der Waals surface area (Å²) in [4.78, 5) is 23.1. The number of likely N-dealkylation sites (tertiary alicyclic amines) is 1. The zero-order valence-electron chi connectivity index (χ0n) is 14.6. The highest BCUT2D eigenvalue weighted by Crippen LogP contribution is 2.27. The molecule has 3 heterocycles. The molecular weight excluding hydrogens is 324 g/mol. The number of thiazole rings is 1. The van der Waals surface area contributed by atoms with Gasteiger partial charge in [0.25, 0.3) is 0 Å². The van der Waals surface area contributed by atoms with Crippen molar-refractivity contribution in [3.8, 4) is 0 Å². The summed E-state index contributed by atoms with van der Waals surface area (Å²) in [5, 5.41) is 4.50. The van der Waals surface area contributed by atoms with Crippen LogP contribution in [0, 0.1) is 6.92 Å². The molecule has 1 aliphatic heterocycles. The van der Waals surface area contributed by atoms with Crippen molar-refractivity contribution in [1.82, 2.24) is 14.9 Å². The Kier molecular flexibility index (Phi) is 4.62. The van der Waals surface area contributed by atoms with Gasteiger partial charge >= 0.3 is 6.09 Å². The van der Waals surface area contributed by atoms with Gasteiger partial charge in [-0.1, -0.05) is 0 Å². The monoisotopic (exact) mass is 348 g/mol. The quantitative estimate of drug-likeness (QED) is 0.894. The topological polar surface area (TPSA) is 67.4 Å². The molecule has 0 unspecified atom stereocenters. The molecule has 2 aromatic heterocycles. The first kappa shape index (κ1) is 17.0. The fourth-order valence-electron chi connectivity index (χ4n) is 2.85. The number of amides is 1. The summed E-state index contributed by atoms with van der Waals surface area (Å²) in [7, 11) is 0. The number of hydrogen-bond donors (Lipinski definition) is 1. The smallest absolute Gasteiger partial charge is 0.410 e. The highest BCUT2D eigenvalue weighted by molar-refractivity contribution is 7.18. The average Bonchev–Trinajstić information content (AvgIpc) is 2.87. The van der Waals surface area contributed by atoms with Crippen LogP contribution in [0.1, 0.15) is 38.6 Å². The number of ether oxygens (including phenoxy) is 1. The van der Waals surface area contributed by atoms with Gasteiger partial charge in [0.05, 0.1) is 9.71 Å². The van der Waals surface area contributed by atoms with Crippen molar-refractivity contribution in [2.24, 2.45) is 0 Å². The van der Waals surface area contributed by atoms with Gasteiger partial charge in [0.15, 0.2) is 5.82 Å². The van der Waals surface area contributed by atoms with E-state index < -0.39 is 5.60 Å². The van der Waals surface area contributed by atoms with Crippen LogP contribution in [-0.2, 0) is 4.74 Å². The van der Waals surface area contributed by atoms with Gasteiger partial charge in [0, 0.05) is 25.3 Å². The summed E-state index contributed by atoms with van der Waals surface area (Å²) >= 11 is 1.66. The van der Waals surface area contributed by atoms with Gasteiger partial charge < -0.3 is 15.0 Å². The maximum absolute atomic E-state index is 12.3. The number of carbonyl (C=O) groups excluding carboxylic acids is 1. The molecule has 1 aliphatic rings. The van der Waals surface area contributed by atoms with Crippen molar-refractivity contribution < 1.29 is 9.53 Å². The number of aromatic nitrogens is 2. The van der Waals surface area contributed by atoms with E-state index in [-0.39, 0.29) is 12.1 Å². The van der Waals surface area contributed by atoms with Crippen LogP contribution in [0.25, 0.3) is 10.2 Å². The first-order chi connectivity index (χ1) is 11.3. The number of hydrogen-bond acceptors (Lipinski definition) is 6. The lowest BCUT2D eigenvalue weighted by Gasteiger charge is -2.34. The van der Waals surface area contributed by atoms with Crippen LogP contribution in [-0.4, -0.2) is 45.7 Å². The zero-order chi connectivity index (χ0) is 17.3. The lowest BCUT2D eigenvalue weighted by molar-refractivity contribution is 0.0206. The highest BCUT2D eigenvalue weighted by Gasteiger charge is 2.28. The summed E-state index contributed by atoms with van der Waals surface area (Å²) in [6.07, 6.45) is 3.50. The first-order valence-corrected chi connectivity index (χ1v) is 9.10. The molecule has 0 spiro atoms. The molecule has 0 aromatic carbocycles. The minimum Gasteiger partial charge on any atom is -0.444 e. The normalized spacial score (nSPS) is 18.7. The number of nitrogens with zero attached hydrogens (tertiary/aromatic N) is 3. The van der Waals surface area contributed by atoms with E-state index >= 15 is 0 Å². The molecule has 2 aromatic rings. The number of nitrogens with one attached hydrogen (secondary N) is 1. The van der Waals surface area contributed by atoms with Crippen LogP contribution in [0.3, 0.4) is 0 Å². The predicted octanol–water partition coefficient (Wildman–Crippen LogP) is 3.81. The molecule has 3 rings (SSSR count). The van der Waals surface area contributed by atoms with Crippen molar-refractivity contribution in [3.63, 3.8) is 0 Å². The van der Waals surface area contributed by atoms with Gasteiger partial charge in [0.2, 0.25) is 0 Å². The second kappa shape index (κ2) is 6.55. The maximum atomic E-state index is 12.3. The maximum Gasteiger partial charge on any atom is 0.410 e. The van der Waals surface area contributed by atoms with Gasteiger partial charge in [-0.05, 0) is 46.6 Å². The summed E-state index contributed by atoms with van der Waals surface area (Å²) in [6.45, 7) is 9.02. The third-order valence-electron chi connectivity index (χ3n) is 3.83. The molecule has 0 bridgehead atoms. The Hall–Kier alpha value is -1.89. The Morgan fingerprint density at radius 3 is 3.00 bits per heavy atom. The molecule has 0 saturated carbocycles. The highest BCUT2D eigenvalue weighted by atomic mass is 32.1. The predicted molar refractivity (Wildman–Crippen MR) is 96.6 cm³/mol. The minimum atomic E-state index is -0.470. The van der Waals surface area contributed by atoms with Crippen molar-refractivity contribution >= 4 is 33.5 Å². The number of anilines is 1. The molecular formula is C17H24N4O2S. The summed E-state index contributed by atoms with van der Waals surface area (Å²) in [5.41, 5.74) is 0.442. The second-order valence-electron chi connectivity index (χ2n) is 7.15. The molecule has 1 amide bonds. The summed E-state index contributed by atoms with van der Waals surface area (Å²) < 4.78 is 6.61. The van der Waals surface area contributed by atoms with E-state index in [0.29, 0.717) is 6.54 Å². The fraction of sp³-hybridized carbons (Fsp3) is 0.588. The van der Waals surface area contributed by atoms with Gasteiger partial charge in [0.1, 0.15) is 11.1 Å². The average molecular weight is 348 g/mol. The molecule has 0 aliphatic carbocycles. The van der Waals surface area contributed by atoms with E-state index in [9.17, 15) is 4.79 Å². The third-order valence-corrected chi connectivity index (χ3v) is 4.76. The van der Waals surface area contributed by atoms with E-state index in [4.69, 9.17) is 4.74 Å². The lowest BCUT2D eigenvalue weighted by Crippen LogP contribution is -2.47. The Morgan fingerprint density at radius 1 is 1.46 bits per heavy atom. The van der Waals surface area contributed by atoms with E-state index in [2.05, 4.69) is 15.3 Å². The standard InChI is InChI=1S/C17H24N4O2S/c1-11-19-14-13(24-11)7-8-18-15(14)20-12-6-5-9-21(10-12)16(22)23-17(2,3)4/h7-8,12H,5-6,9-10H2,1-4H3,(H,18,20)/t12-/m1/s1. The van der Waals surface area contributed by atoms with Gasteiger partial charge in [-0.25, -0.2) is 14.8 Å². The Morgan fingerprint density at radius 2 is 2.25 bits per heavy atom. The third kappa shape index (κ3) is 3.95. The van der Waals surface area contributed by atoms with Crippen LogP contribution >= 0.6 is 11.3 Å². The van der Waals surface area contributed by atoms with Crippen molar-refractivity contribution in [2.45, 2.75) is 52.2 Å². The fourth-order valence-corrected chi connectivity index (χ4v) is 3.68. The zero-order valence-corrected chi connectivity index (χ0v) is 15.4. The molecule has 24 heavy (non-hydrogen) atoms. The number of piperidine rings is 1. The van der Waals surface area contributed by atoms with Crippen molar-refractivity contribution in [1.29, 1.82) is 0 Å². The molecule has 7 heteroatoms. The van der Waals surface area contributed by atoms with Crippen LogP contribution in [0.4, 0.5) is 10.6 Å². The Labute approximate surface area is 146 Å². The molecule has 0 radical (unpaired) electrons. The minimum absolute atomic E-state index is 0.159. The SMILES string of the molecule is Cc1nc2c(N[C@@H]3CCCN(C(=O)OC(C)(C)C)C3)nccc2s1. The van der Waals surface area contributed by atoms with Crippen LogP contribution in [0.2, 0.25) is 0 Å².